The molecule has 7 heteroatoms. The van der Waals surface area contributed by atoms with Crippen molar-refractivity contribution in [3.05, 3.63) is 28.0 Å². The van der Waals surface area contributed by atoms with Crippen LogP contribution in [0.1, 0.15) is 32.6 Å². The van der Waals surface area contributed by atoms with Crippen LogP contribution in [0.4, 0.5) is 0 Å². The van der Waals surface area contributed by atoms with Crippen LogP contribution in [-0.2, 0) is 6.67 Å². The molecule has 1 saturated heterocycles. The van der Waals surface area contributed by atoms with E-state index in [4.69, 9.17) is 28.6 Å². The van der Waals surface area contributed by atoms with E-state index < -0.39 is 0 Å². The summed E-state index contributed by atoms with van der Waals surface area (Å²) in [5, 5.41) is 3.98. The predicted molar refractivity (Wildman–Crippen MR) is 98.2 cm³/mol. The summed E-state index contributed by atoms with van der Waals surface area (Å²) in [5.41, 5.74) is 0.829. The van der Waals surface area contributed by atoms with E-state index in [2.05, 4.69) is 17.0 Å². The van der Waals surface area contributed by atoms with Gasteiger partial charge in [0.15, 0.2) is 12.5 Å². The topological polar surface area (TPSA) is 47.3 Å². The van der Waals surface area contributed by atoms with Crippen LogP contribution in [0.2, 0.25) is 5.02 Å². The van der Waals surface area contributed by atoms with E-state index in [-0.39, 0.29) is 0 Å². The number of hydrogen-bond acceptors (Lipinski definition) is 3. The molecule has 1 fully saturated rings. The lowest BCUT2D eigenvalue weighted by atomic mass is 10.0. The van der Waals surface area contributed by atoms with Gasteiger partial charge in [-0.2, -0.15) is 4.98 Å². The first kappa shape index (κ1) is 17.5. The molecule has 1 aromatic heterocycles. The van der Waals surface area contributed by atoms with Crippen LogP contribution >= 0.6 is 23.8 Å². The molecule has 0 bridgehead atoms. The summed E-state index contributed by atoms with van der Waals surface area (Å²) >= 11 is 11.6. The fourth-order valence-electron chi connectivity index (χ4n) is 3.50. The van der Waals surface area contributed by atoms with Gasteiger partial charge in [0.05, 0.1) is 25.3 Å². The summed E-state index contributed by atoms with van der Waals surface area (Å²) in [6.45, 7) is 4.28. The van der Waals surface area contributed by atoms with Crippen molar-refractivity contribution in [3.63, 3.8) is 0 Å². The first-order chi connectivity index (χ1) is 11.6. The van der Waals surface area contributed by atoms with Gasteiger partial charge in [-0.3, -0.25) is 5.10 Å². The number of likely N-dealkylation sites (tertiary alicyclic amines) is 1. The average molecular weight is 368 g/mol. The minimum atomic E-state index is 0.569. The first-order valence-electron chi connectivity index (χ1n) is 8.47. The SMILES string of the molecule is CC[C@H]1CCCC[NH+]1Cn1[nH]c(-c2cc(Cl)ccc2OC)nc1=S. The number of ether oxygens (including phenoxy) is 1. The molecular weight excluding hydrogens is 344 g/mol. The second-order valence-electron chi connectivity index (χ2n) is 6.29. The Bertz CT molecular complexity index is 757. The Morgan fingerprint density at radius 3 is 3.04 bits per heavy atom. The van der Waals surface area contributed by atoms with Crippen LogP contribution in [0.25, 0.3) is 11.4 Å². The number of rotatable bonds is 5. The molecule has 1 aliphatic heterocycles. The van der Waals surface area contributed by atoms with Crippen LogP contribution in [-0.4, -0.2) is 34.5 Å². The predicted octanol–water partition coefficient (Wildman–Crippen LogP) is 3.07. The second kappa shape index (κ2) is 7.68. The van der Waals surface area contributed by atoms with Gasteiger partial charge in [0.2, 0.25) is 4.77 Å². The van der Waals surface area contributed by atoms with Crippen LogP contribution < -0.4 is 9.64 Å². The molecule has 0 aliphatic carbocycles. The fraction of sp³-hybridized carbons (Fsp3) is 0.529. The maximum Gasteiger partial charge on any atom is 0.221 e. The highest BCUT2D eigenvalue weighted by molar-refractivity contribution is 7.71. The molecule has 3 rings (SSSR count). The number of piperidine rings is 1. The van der Waals surface area contributed by atoms with Crippen molar-refractivity contribution in [2.24, 2.45) is 0 Å². The number of hydrogen-bond donors (Lipinski definition) is 2. The van der Waals surface area contributed by atoms with Crippen molar-refractivity contribution >= 4 is 23.8 Å². The first-order valence-corrected chi connectivity index (χ1v) is 9.26. The average Bonchev–Trinajstić information content (AvgIpc) is 2.96. The zero-order chi connectivity index (χ0) is 17.1. The zero-order valence-electron chi connectivity index (χ0n) is 14.1. The van der Waals surface area contributed by atoms with E-state index in [0.717, 1.165) is 18.0 Å². The van der Waals surface area contributed by atoms with Crippen LogP contribution in [0.5, 0.6) is 5.75 Å². The molecule has 2 N–H and O–H groups in total. The molecule has 1 aliphatic rings. The number of quaternary nitrogens is 1. The number of H-pyrrole nitrogens is 1. The molecule has 0 saturated carbocycles. The number of nitrogens with zero attached hydrogens (tertiary/aromatic N) is 2. The van der Waals surface area contributed by atoms with Gasteiger partial charge in [-0.15, -0.1) is 0 Å². The maximum atomic E-state index is 6.13. The molecule has 0 radical (unpaired) electrons. The number of aromatic amines is 1. The minimum absolute atomic E-state index is 0.569. The van der Waals surface area contributed by atoms with E-state index in [1.807, 2.05) is 16.8 Å². The number of nitrogens with one attached hydrogen (secondary N) is 2. The minimum Gasteiger partial charge on any atom is -0.496 e. The number of benzene rings is 1. The van der Waals surface area contributed by atoms with Crippen LogP contribution in [0, 0.1) is 4.77 Å². The van der Waals surface area contributed by atoms with E-state index in [0.29, 0.717) is 21.7 Å². The van der Waals surface area contributed by atoms with Crippen LogP contribution in [0.3, 0.4) is 0 Å². The Morgan fingerprint density at radius 1 is 1.46 bits per heavy atom. The zero-order valence-corrected chi connectivity index (χ0v) is 15.7. The third kappa shape index (κ3) is 3.66. The lowest BCUT2D eigenvalue weighted by Crippen LogP contribution is -3.15. The summed E-state index contributed by atoms with van der Waals surface area (Å²) in [6, 6.07) is 6.20. The molecule has 0 spiro atoms. The number of halogens is 1. The van der Waals surface area contributed by atoms with Crippen molar-refractivity contribution in [1.82, 2.24) is 14.8 Å². The highest BCUT2D eigenvalue weighted by Crippen LogP contribution is 2.30. The quantitative estimate of drug-likeness (QED) is 0.798. The van der Waals surface area contributed by atoms with Gasteiger partial charge in [0.1, 0.15) is 5.75 Å². The highest BCUT2D eigenvalue weighted by atomic mass is 35.5. The Hall–Kier alpha value is -1.37. The van der Waals surface area contributed by atoms with Crippen molar-refractivity contribution in [3.8, 4) is 17.1 Å². The Morgan fingerprint density at radius 2 is 2.29 bits per heavy atom. The molecule has 1 unspecified atom stereocenters. The van der Waals surface area contributed by atoms with E-state index >= 15 is 0 Å². The van der Waals surface area contributed by atoms with Crippen molar-refractivity contribution in [1.29, 1.82) is 0 Å². The molecule has 5 nitrogen and oxygen atoms in total. The smallest absolute Gasteiger partial charge is 0.221 e. The number of aromatic nitrogens is 3. The molecular formula is C17H24ClN4OS+. The standard InChI is InChI=1S/C17H23ClN4OS/c1-3-13-6-4-5-9-21(13)11-22-17(24)19-16(20-22)14-10-12(18)7-8-15(14)23-2/h7-8,10,13H,3-6,9,11H2,1-2H3,(H,19,20,24)/p+1/t13-/m0/s1. The van der Waals surface area contributed by atoms with Gasteiger partial charge < -0.3 is 9.64 Å². The molecule has 24 heavy (non-hydrogen) atoms. The number of methoxy groups -OCH3 is 1. The Kier molecular flexibility index (Phi) is 5.58. The maximum absolute atomic E-state index is 6.13. The summed E-state index contributed by atoms with van der Waals surface area (Å²) < 4.78 is 7.96. The lowest BCUT2D eigenvalue weighted by molar-refractivity contribution is -0.953. The van der Waals surface area contributed by atoms with E-state index in [1.54, 1.807) is 18.1 Å². The van der Waals surface area contributed by atoms with Gasteiger partial charge in [0.25, 0.3) is 0 Å². The molecule has 2 atom stereocenters. The largest absolute Gasteiger partial charge is 0.496 e. The van der Waals surface area contributed by atoms with E-state index in [1.165, 1.54) is 32.2 Å². The highest BCUT2D eigenvalue weighted by Gasteiger charge is 2.25. The van der Waals surface area contributed by atoms with Gasteiger partial charge >= 0.3 is 0 Å². The molecule has 2 aromatic rings. The summed E-state index contributed by atoms with van der Waals surface area (Å²) in [5.74, 6) is 1.43. The Balaban J connectivity index is 1.88. The lowest BCUT2D eigenvalue weighted by Gasteiger charge is -2.31. The molecule has 0 amide bonds. The Labute approximate surface area is 152 Å². The van der Waals surface area contributed by atoms with Gasteiger partial charge in [-0.1, -0.05) is 18.5 Å². The van der Waals surface area contributed by atoms with Crippen LogP contribution in [0.15, 0.2) is 18.2 Å². The van der Waals surface area contributed by atoms with Gasteiger partial charge in [-0.05, 0) is 56.1 Å². The monoisotopic (exact) mass is 367 g/mol. The van der Waals surface area contributed by atoms with Gasteiger partial charge in [0, 0.05) is 5.02 Å². The summed E-state index contributed by atoms with van der Waals surface area (Å²) in [6.07, 6.45) is 5.11. The third-order valence-corrected chi connectivity index (χ3v) is 5.37. The molecule has 2 heterocycles. The van der Waals surface area contributed by atoms with E-state index in [9.17, 15) is 0 Å². The van der Waals surface area contributed by atoms with Crippen molar-refractivity contribution in [2.75, 3.05) is 13.7 Å². The van der Waals surface area contributed by atoms with Crippen molar-refractivity contribution in [2.45, 2.75) is 45.3 Å². The summed E-state index contributed by atoms with van der Waals surface area (Å²) in [7, 11) is 1.64. The molecule has 130 valence electrons. The molecule has 1 aromatic carbocycles. The van der Waals surface area contributed by atoms with Gasteiger partial charge in [-0.25, -0.2) is 4.68 Å². The van der Waals surface area contributed by atoms with Crippen molar-refractivity contribution < 1.29 is 9.64 Å². The normalized spacial score (nSPS) is 21.0. The fourth-order valence-corrected chi connectivity index (χ4v) is 3.88. The summed E-state index contributed by atoms with van der Waals surface area (Å²) in [4.78, 5) is 6.09. The second-order valence-corrected chi connectivity index (χ2v) is 7.10. The third-order valence-electron chi connectivity index (χ3n) is 4.83.